The molecule has 2 aromatic rings. The van der Waals surface area contributed by atoms with Gasteiger partial charge in [0.05, 0.1) is 10.0 Å². The molecule has 0 spiro atoms. The van der Waals surface area contributed by atoms with Gasteiger partial charge in [-0.05, 0) is 31.2 Å². The highest BCUT2D eigenvalue weighted by molar-refractivity contribution is 7.99. The molecule has 0 aliphatic heterocycles. The van der Waals surface area contributed by atoms with E-state index in [4.69, 9.17) is 28.5 Å². The van der Waals surface area contributed by atoms with E-state index in [-0.39, 0.29) is 11.1 Å². The van der Waals surface area contributed by atoms with Crippen molar-refractivity contribution in [2.24, 2.45) is 0 Å². The van der Waals surface area contributed by atoms with Crippen LogP contribution in [0, 0.1) is 18.3 Å². The van der Waals surface area contributed by atoms with Crippen molar-refractivity contribution >= 4 is 35.0 Å². The van der Waals surface area contributed by atoms with Crippen LogP contribution in [0.4, 0.5) is 0 Å². The second-order valence-corrected chi connectivity index (χ2v) is 5.72. The van der Waals surface area contributed by atoms with E-state index in [9.17, 15) is 4.79 Å². The van der Waals surface area contributed by atoms with Gasteiger partial charge >= 0.3 is 0 Å². The maximum Gasteiger partial charge on any atom is 0.266 e. The fourth-order valence-electron chi connectivity index (χ4n) is 1.46. The smallest absolute Gasteiger partial charge is 0.266 e. The number of nitriles is 1. The molecular formula is C13H8Cl2N2OS. The number of rotatable bonds is 2. The molecule has 0 unspecified atom stereocenters. The van der Waals surface area contributed by atoms with E-state index in [2.05, 4.69) is 4.98 Å². The number of aromatic nitrogens is 1. The van der Waals surface area contributed by atoms with Gasteiger partial charge in [-0.25, -0.2) is 0 Å². The van der Waals surface area contributed by atoms with Crippen LogP contribution in [0.15, 0.2) is 38.9 Å². The fourth-order valence-corrected chi connectivity index (χ4v) is 2.77. The number of aromatic amines is 1. The molecule has 96 valence electrons. The van der Waals surface area contributed by atoms with Gasteiger partial charge < -0.3 is 4.98 Å². The normalized spacial score (nSPS) is 10.2. The Morgan fingerprint density at radius 3 is 2.63 bits per heavy atom. The van der Waals surface area contributed by atoms with Crippen LogP contribution in [0.5, 0.6) is 0 Å². The van der Waals surface area contributed by atoms with E-state index in [0.717, 1.165) is 9.79 Å². The minimum absolute atomic E-state index is 0.0909. The molecule has 0 bridgehead atoms. The quantitative estimate of drug-likeness (QED) is 0.911. The summed E-state index contributed by atoms with van der Waals surface area (Å²) in [4.78, 5) is 15.8. The zero-order valence-corrected chi connectivity index (χ0v) is 12.2. The van der Waals surface area contributed by atoms with Crippen LogP contribution in [0.3, 0.4) is 0 Å². The van der Waals surface area contributed by atoms with E-state index < -0.39 is 0 Å². The minimum atomic E-state index is -0.376. The van der Waals surface area contributed by atoms with Gasteiger partial charge in [-0.2, -0.15) is 5.26 Å². The van der Waals surface area contributed by atoms with Crippen molar-refractivity contribution in [3.05, 3.63) is 55.9 Å². The van der Waals surface area contributed by atoms with Crippen molar-refractivity contribution in [2.45, 2.75) is 16.7 Å². The summed E-state index contributed by atoms with van der Waals surface area (Å²) in [7, 11) is 0. The third kappa shape index (κ3) is 3.13. The third-order valence-corrected chi connectivity index (χ3v) is 4.30. The fraction of sp³-hybridized carbons (Fsp3) is 0.0769. The monoisotopic (exact) mass is 310 g/mol. The summed E-state index contributed by atoms with van der Waals surface area (Å²) in [5.74, 6) is 0. The van der Waals surface area contributed by atoms with Crippen LogP contribution in [0.25, 0.3) is 0 Å². The van der Waals surface area contributed by atoms with Gasteiger partial charge in [0, 0.05) is 15.5 Å². The highest BCUT2D eigenvalue weighted by Gasteiger charge is 2.08. The van der Waals surface area contributed by atoms with Crippen LogP contribution < -0.4 is 5.56 Å². The molecular weight excluding hydrogens is 303 g/mol. The molecule has 0 aliphatic carbocycles. The molecule has 2 rings (SSSR count). The maximum absolute atomic E-state index is 11.4. The number of nitrogens with one attached hydrogen (secondary N) is 1. The van der Waals surface area contributed by atoms with Crippen molar-refractivity contribution in [2.75, 3.05) is 0 Å². The number of hydrogen-bond acceptors (Lipinski definition) is 3. The number of benzene rings is 1. The lowest BCUT2D eigenvalue weighted by Crippen LogP contribution is -2.11. The highest BCUT2D eigenvalue weighted by Crippen LogP contribution is 2.33. The average Bonchev–Trinajstić information content (AvgIpc) is 2.37. The molecule has 0 saturated carbocycles. The predicted molar refractivity (Wildman–Crippen MR) is 77.1 cm³/mol. The molecule has 0 radical (unpaired) electrons. The number of nitrogens with zero attached hydrogens (tertiary/aromatic N) is 1. The van der Waals surface area contributed by atoms with Gasteiger partial charge in [0.25, 0.3) is 5.56 Å². The van der Waals surface area contributed by atoms with Gasteiger partial charge in [0.15, 0.2) is 0 Å². The van der Waals surface area contributed by atoms with Crippen molar-refractivity contribution < 1.29 is 0 Å². The Balaban J connectivity index is 2.41. The van der Waals surface area contributed by atoms with Crippen LogP contribution in [-0.2, 0) is 0 Å². The highest BCUT2D eigenvalue weighted by atomic mass is 35.5. The molecule has 1 aromatic heterocycles. The zero-order chi connectivity index (χ0) is 14.0. The van der Waals surface area contributed by atoms with Crippen LogP contribution in [0.1, 0.15) is 11.3 Å². The van der Waals surface area contributed by atoms with Gasteiger partial charge in [0.1, 0.15) is 11.6 Å². The summed E-state index contributed by atoms with van der Waals surface area (Å²) in [5, 5.41) is 9.82. The van der Waals surface area contributed by atoms with Crippen molar-refractivity contribution in [3.63, 3.8) is 0 Å². The number of pyridine rings is 1. The van der Waals surface area contributed by atoms with E-state index in [1.54, 1.807) is 25.1 Å². The van der Waals surface area contributed by atoms with E-state index >= 15 is 0 Å². The molecule has 0 saturated heterocycles. The second kappa shape index (κ2) is 5.70. The summed E-state index contributed by atoms with van der Waals surface area (Å²) >= 11 is 13.2. The first kappa shape index (κ1) is 14.0. The summed E-state index contributed by atoms with van der Waals surface area (Å²) in [6.45, 7) is 1.78. The van der Waals surface area contributed by atoms with Gasteiger partial charge in [-0.1, -0.05) is 35.0 Å². The molecule has 0 atom stereocenters. The Bertz CT molecular complexity index is 734. The molecule has 1 N–H and O–H groups in total. The second-order valence-electron chi connectivity index (χ2n) is 3.79. The zero-order valence-electron chi connectivity index (χ0n) is 9.83. The maximum atomic E-state index is 11.4. The van der Waals surface area contributed by atoms with Crippen molar-refractivity contribution in [1.29, 1.82) is 5.26 Å². The van der Waals surface area contributed by atoms with Gasteiger partial charge in [-0.3, -0.25) is 4.79 Å². The van der Waals surface area contributed by atoms with Crippen LogP contribution in [-0.4, -0.2) is 4.98 Å². The Hall–Kier alpha value is -1.41. The lowest BCUT2D eigenvalue weighted by atomic mass is 10.3. The summed E-state index contributed by atoms with van der Waals surface area (Å²) in [6, 6.07) is 8.71. The van der Waals surface area contributed by atoms with Crippen molar-refractivity contribution in [1.82, 2.24) is 4.98 Å². The number of hydrogen-bond donors (Lipinski definition) is 1. The first-order chi connectivity index (χ1) is 9.01. The van der Waals surface area contributed by atoms with Crippen molar-refractivity contribution in [3.8, 4) is 6.07 Å². The number of aryl methyl sites for hydroxylation is 1. The minimum Gasteiger partial charge on any atom is -0.324 e. The summed E-state index contributed by atoms with van der Waals surface area (Å²) in [6.07, 6.45) is 0. The Labute approximate surface area is 124 Å². The lowest BCUT2D eigenvalue weighted by Gasteiger charge is -2.06. The standard InChI is InChI=1S/C13H8Cl2N2OS/c1-7-12(4-8(6-16)13(18)17-7)19-9-2-3-10(14)11(15)5-9/h2-5H,1H3,(H,17,18). The summed E-state index contributed by atoms with van der Waals surface area (Å²) in [5.41, 5.74) is 0.423. The largest absolute Gasteiger partial charge is 0.324 e. The van der Waals surface area contributed by atoms with E-state index in [0.29, 0.717) is 15.7 Å². The molecule has 19 heavy (non-hydrogen) atoms. The van der Waals surface area contributed by atoms with E-state index in [1.165, 1.54) is 11.8 Å². The van der Waals surface area contributed by atoms with Gasteiger partial charge in [-0.15, -0.1) is 0 Å². The molecule has 0 fully saturated rings. The molecule has 3 nitrogen and oxygen atoms in total. The first-order valence-corrected chi connectivity index (χ1v) is 6.85. The first-order valence-electron chi connectivity index (χ1n) is 5.28. The number of H-pyrrole nitrogens is 1. The molecule has 0 amide bonds. The summed E-state index contributed by atoms with van der Waals surface area (Å²) < 4.78 is 0. The lowest BCUT2D eigenvalue weighted by molar-refractivity contribution is 1.06. The number of halogens is 2. The van der Waals surface area contributed by atoms with Crippen LogP contribution >= 0.6 is 35.0 Å². The predicted octanol–water partition coefficient (Wildman–Crippen LogP) is 4.01. The molecule has 1 aromatic carbocycles. The average molecular weight is 311 g/mol. The molecule has 1 heterocycles. The SMILES string of the molecule is Cc1[nH]c(=O)c(C#N)cc1Sc1ccc(Cl)c(Cl)c1. The van der Waals surface area contributed by atoms with Crippen LogP contribution in [0.2, 0.25) is 10.0 Å². The third-order valence-electron chi connectivity index (χ3n) is 2.43. The van der Waals surface area contributed by atoms with E-state index in [1.807, 2.05) is 12.1 Å². The Morgan fingerprint density at radius 2 is 2.00 bits per heavy atom. The molecule has 0 aliphatic rings. The van der Waals surface area contributed by atoms with Gasteiger partial charge in [0.2, 0.25) is 0 Å². The molecule has 6 heteroatoms. The Morgan fingerprint density at radius 1 is 1.26 bits per heavy atom. The topological polar surface area (TPSA) is 56.6 Å². The Kier molecular flexibility index (Phi) is 4.20.